The highest BCUT2D eigenvalue weighted by Gasteiger charge is 2.16. The first kappa shape index (κ1) is 27.2. The van der Waals surface area contributed by atoms with Gasteiger partial charge in [0.05, 0.1) is 0 Å². The molecule has 2 heterocycles. The van der Waals surface area contributed by atoms with Crippen LogP contribution < -0.4 is 20.4 Å². The molecule has 1 aromatic heterocycles. The van der Waals surface area contributed by atoms with Crippen molar-refractivity contribution in [2.24, 2.45) is 4.99 Å². The number of nitrogens with one attached hydrogen (secondary N) is 2. The number of guanidine groups is 1. The molecule has 0 unspecified atom stereocenters. The SMILES string of the molecule is CCN1CCN(c2cc(CNC(=NC)NCCCN(CC)c3ccccc3)ccn2)CC1.I. The van der Waals surface area contributed by atoms with Crippen LogP contribution in [0.1, 0.15) is 25.8 Å². The van der Waals surface area contributed by atoms with E-state index in [1.165, 1.54) is 11.3 Å². The lowest BCUT2D eigenvalue weighted by Crippen LogP contribution is -2.46. The van der Waals surface area contributed by atoms with E-state index in [1.807, 2.05) is 13.2 Å². The van der Waals surface area contributed by atoms with Gasteiger partial charge in [0.2, 0.25) is 0 Å². The van der Waals surface area contributed by atoms with E-state index in [1.54, 1.807) is 0 Å². The van der Waals surface area contributed by atoms with E-state index >= 15 is 0 Å². The molecule has 0 aliphatic carbocycles. The molecule has 2 N–H and O–H groups in total. The number of nitrogens with zero attached hydrogens (tertiary/aromatic N) is 5. The van der Waals surface area contributed by atoms with Crippen molar-refractivity contribution in [3.05, 3.63) is 54.2 Å². The number of aromatic nitrogens is 1. The average Bonchev–Trinajstić information content (AvgIpc) is 2.86. The minimum Gasteiger partial charge on any atom is -0.372 e. The zero-order valence-corrected chi connectivity index (χ0v) is 22.7. The van der Waals surface area contributed by atoms with E-state index in [2.05, 4.69) is 91.6 Å². The van der Waals surface area contributed by atoms with E-state index in [0.29, 0.717) is 0 Å². The summed E-state index contributed by atoms with van der Waals surface area (Å²) in [7, 11) is 1.82. The van der Waals surface area contributed by atoms with E-state index in [4.69, 9.17) is 0 Å². The standard InChI is InChI=1S/C25H39N7.HI/c1-4-30-16-18-32(19-17-30)24-20-22(12-14-27-24)21-29-25(26-3)28-13-9-15-31(5-2)23-10-7-6-8-11-23;/h6-8,10-12,14,20H,4-5,9,13,15-19,21H2,1-3H3,(H2,26,28,29);1H. The Bertz CT molecular complexity index is 823. The smallest absolute Gasteiger partial charge is 0.191 e. The quantitative estimate of drug-likeness (QED) is 0.199. The fraction of sp³-hybridized carbons (Fsp3) is 0.520. The summed E-state index contributed by atoms with van der Waals surface area (Å²) in [5, 5.41) is 6.88. The summed E-state index contributed by atoms with van der Waals surface area (Å²) >= 11 is 0. The van der Waals surface area contributed by atoms with Crippen molar-refractivity contribution in [3.8, 4) is 0 Å². The third kappa shape index (κ3) is 8.66. The predicted molar refractivity (Wildman–Crippen MR) is 151 cm³/mol. The normalized spacial score (nSPS) is 14.5. The number of piperazine rings is 1. The lowest BCUT2D eigenvalue weighted by molar-refractivity contribution is 0.270. The van der Waals surface area contributed by atoms with Gasteiger partial charge in [-0.15, -0.1) is 24.0 Å². The maximum atomic E-state index is 4.60. The lowest BCUT2D eigenvalue weighted by Gasteiger charge is -2.34. The third-order valence-corrected chi connectivity index (χ3v) is 6.04. The Morgan fingerprint density at radius 1 is 1.06 bits per heavy atom. The van der Waals surface area contributed by atoms with Crippen LogP contribution in [0.15, 0.2) is 53.7 Å². The lowest BCUT2D eigenvalue weighted by atomic mass is 10.2. The Morgan fingerprint density at radius 3 is 2.48 bits per heavy atom. The molecule has 1 saturated heterocycles. The minimum absolute atomic E-state index is 0. The molecule has 8 heteroatoms. The van der Waals surface area contributed by atoms with Crippen LogP contribution in [0, 0.1) is 0 Å². The number of hydrogen-bond acceptors (Lipinski definition) is 5. The Labute approximate surface area is 216 Å². The van der Waals surface area contributed by atoms with E-state index in [9.17, 15) is 0 Å². The highest BCUT2D eigenvalue weighted by Crippen LogP contribution is 2.15. The molecule has 1 fully saturated rings. The molecule has 182 valence electrons. The number of anilines is 2. The summed E-state index contributed by atoms with van der Waals surface area (Å²) in [6, 6.07) is 14.9. The summed E-state index contributed by atoms with van der Waals surface area (Å²) in [5.74, 6) is 1.91. The van der Waals surface area contributed by atoms with Crippen molar-refractivity contribution < 1.29 is 0 Å². The summed E-state index contributed by atoms with van der Waals surface area (Å²) in [5.41, 5.74) is 2.50. The second-order valence-corrected chi connectivity index (χ2v) is 8.06. The maximum absolute atomic E-state index is 4.60. The second-order valence-electron chi connectivity index (χ2n) is 8.06. The Balaban J connectivity index is 0.00000385. The van der Waals surface area contributed by atoms with E-state index in [0.717, 1.165) is 77.1 Å². The number of halogens is 1. The summed E-state index contributed by atoms with van der Waals surface area (Å²) < 4.78 is 0. The molecule has 0 atom stereocenters. The number of pyridine rings is 1. The molecular weight excluding hydrogens is 525 g/mol. The van der Waals surface area contributed by atoms with Gasteiger partial charge in [0.1, 0.15) is 5.82 Å². The molecule has 0 saturated carbocycles. The molecule has 0 amide bonds. The monoisotopic (exact) mass is 565 g/mol. The van der Waals surface area contributed by atoms with E-state index in [-0.39, 0.29) is 24.0 Å². The molecule has 1 aromatic carbocycles. The van der Waals surface area contributed by atoms with Gasteiger partial charge in [-0.05, 0) is 49.7 Å². The van der Waals surface area contributed by atoms with Gasteiger partial charge in [-0.3, -0.25) is 4.99 Å². The van der Waals surface area contributed by atoms with Crippen molar-refractivity contribution in [1.82, 2.24) is 20.5 Å². The molecule has 0 spiro atoms. The van der Waals surface area contributed by atoms with Crippen LogP contribution in [0.5, 0.6) is 0 Å². The van der Waals surface area contributed by atoms with Gasteiger partial charge in [0.25, 0.3) is 0 Å². The van der Waals surface area contributed by atoms with Crippen molar-refractivity contribution in [3.63, 3.8) is 0 Å². The predicted octanol–water partition coefficient (Wildman–Crippen LogP) is 3.42. The first-order chi connectivity index (χ1) is 15.7. The fourth-order valence-electron chi connectivity index (χ4n) is 4.03. The van der Waals surface area contributed by atoms with Crippen molar-refractivity contribution >= 4 is 41.4 Å². The molecule has 0 bridgehead atoms. The van der Waals surface area contributed by atoms with Crippen LogP contribution >= 0.6 is 24.0 Å². The molecular formula is C25H40IN7. The summed E-state index contributed by atoms with van der Waals surface area (Å²) in [4.78, 5) is 16.2. The van der Waals surface area contributed by atoms with Gasteiger partial charge < -0.3 is 25.3 Å². The molecule has 0 radical (unpaired) electrons. The molecule has 33 heavy (non-hydrogen) atoms. The van der Waals surface area contributed by atoms with Gasteiger partial charge in [-0.2, -0.15) is 0 Å². The summed E-state index contributed by atoms with van der Waals surface area (Å²) in [6.07, 6.45) is 2.96. The average molecular weight is 566 g/mol. The zero-order valence-electron chi connectivity index (χ0n) is 20.3. The van der Waals surface area contributed by atoms with Crippen molar-refractivity contribution in [2.75, 3.05) is 69.2 Å². The minimum atomic E-state index is 0. The second kappa shape index (κ2) is 15.0. The number of rotatable bonds is 10. The van der Waals surface area contributed by atoms with Crippen LogP contribution in [0.2, 0.25) is 0 Å². The third-order valence-electron chi connectivity index (χ3n) is 6.04. The van der Waals surface area contributed by atoms with Gasteiger partial charge in [0.15, 0.2) is 5.96 Å². The van der Waals surface area contributed by atoms with Crippen LogP contribution in [-0.2, 0) is 6.54 Å². The Hall–Kier alpha value is -2.07. The van der Waals surface area contributed by atoms with Crippen LogP contribution in [0.3, 0.4) is 0 Å². The van der Waals surface area contributed by atoms with Gasteiger partial charge in [0, 0.05) is 71.3 Å². The highest BCUT2D eigenvalue weighted by molar-refractivity contribution is 14.0. The van der Waals surface area contributed by atoms with Gasteiger partial charge in [-0.25, -0.2) is 4.98 Å². The maximum Gasteiger partial charge on any atom is 0.191 e. The molecule has 3 rings (SSSR count). The number of benzene rings is 1. The van der Waals surface area contributed by atoms with Crippen LogP contribution in [0.4, 0.5) is 11.5 Å². The number of aliphatic imine (C=N–C) groups is 1. The van der Waals surface area contributed by atoms with Crippen LogP contribution in [0.25, 0.3) is 0 Å². The largest absolute Gasteiger partial charge is 0.372 e. The van der Waals surface area contributed by atoms with Crippen molar-refractivity contribution in [1.29, 1.82) is 0 Å². The number of para-hydroxylation sites is 1. The number of hydrogen-bond donors (Lipinski definition) is 2. The van der Waals surface area contributed by atoms with Gasteiger partial charge in [-0.1, -0.05) is 25.1 Å². The van der Waals surface area contributed by atoms with E-state index < -0.39 is 0 Å². The Morgan fingerprint density at radius 2 is 1.82 bits per heavy atom. The summed E-state index contributed by atoms with van der Waals surface area (Å²) in [6.45, 7) is 13.5. The topological polar surface area (TPSA) is 59.0 Å². The van der Waals surface area contributed by atoms with Crippen molar-refractivity contribution in [2.45, 2.75) is 26.8 Å². The molecule has 1 aliphatic rings. The molecule has 2 aromatic rings. The fourth-order valence-corrected chi connectivity index (χ4v) is 4.03. The van der Waals surface area contributed by atoms with Gasteiger partial charge >= 0.3 is 0 Å². The highest BCUT2D eigenvalue weighted by atomic mass is 127. The first-order valence-electron chi connectivity index (χ1n) is 11.9. The zero-order chi connectivity index (χ0) is 22.6. The molecule has 1 aliphatic heterocycles. The van der Waals surface area contributed by atoms with Crippen LogP contribution in [-0.4, -0.2) is 75.2 Å². The Kier molecular flexibility index (Phi) is 12.3. The molecule has 7 nitrogen and oxygen atoms in total. The number of likely N-dealkylation sites (N-methyl/N-ethyl adjacent to an activating group) is 1. The first-order valence-corrected chi connectivity index (χ1v) is 11.9.